The molecule has 0 saturated heterocycles. The standard InChI is InChI=1S/C22H19BrN2O2/c23-19-10-6-9-18(15-19)16-20(25-14-5-4-11-21(25)26)22(27)24-13-12-17-7-2-1-3-8-17/h1-11,14-16H,12-13H2,(H,24,27)/b20-16+. The number of rotatable bonds is 6. The van der Waals surface area contributed by atoms with E-state index in [9.17, 15) is 9.59 Å². The smallest absolute Gasteiger partial charge is 0.268 e. The van der Waals surface area contributed by atoms with Crippen molar-refractivity contribution in [2.75, 3.05) is 6.54 Å². The quantitative estimate of drug-likeness (QED) is 0.611. The Kier molecular flexibility index (Phi) is 6.39. The van der Waals surface area contributed by atoms with Gasteiger partial charge in [-0.25, -0.2) is 0 Å². The van der Waals surface area contributed by atoms with Crippen molar-refractivity contribution in [2.45, 2.75) is 6.42 Å². The number of hydrogen-bond donors (Lipinski definition) is 1. The minimum Gasteiger partial charge on any atom is -0.350 e. The molecule has 3 aromatic rings. The summed E-state index contributed by atoms with van der Waals surface area (Å²) < 4.78 is 2.26. The lowest BCUT2D eigenvalue weighted by atomic mass is 10.1. The zero-order valence-corrected chi connectivity index (χ0v) is 16.2. The van der Waals surface area contributed by atoms with Gasteiger partial charge in [-0.1, -0.05) is 64.5 Å². The van der Waals surface area contributed by atoms with Crippen LogP contribution in [0.15, 0.2) is 88.3 Å². The fourth-order valence-electron chi connectivity index (χ4n) is 2.68. The summed E-state index contributed by atoms with van der Waals surface area (Å²) in [4.78, 5) is 25.1. The third-order valence-corrected chi connectivity index (χ3v) is 4.50. The van der Waals surface area contributed by atoms with Crippen molar-refractivity contribution in [3.8, 4) is 0 Å². The molecule has 0 aliphatic rings. The number of nitrogens with zero attached hydrogens (tertiary/aromatic N) is 1. The van der Waals surface area contributed by atoms with E-state index in [1.165, 1.54) is 10.6 Å². The number of carbonyl (C=O) groups excluding carboxylic acids is 1. The minimum atomic E-state index is -0.292. The molecule has 0 saturated carbocycles. The molecular weight excluding hydrogens is 404 g/mol. The van der Waals surface area contributed by atoms with Crippen LogP contribution in [0.25, 0.3) is 11.8 Å². The van der Waals surface area contributed by atoms with E-state index in [4.69, 9.17) is 0 Å². The summed E-state index contributed by atoms with van der Waals surface area (Å²) in [6.07, 6.45) is 4.04. The summed E-state index contributed by atoms with van der Waals surface area (Å²) in [5.41, 5.74) is 2.00. The highest BCUT2D eigenvalue weighted by Crippen LogP contribution is 2.16. The van der Waals surface area contributed by atoms with E-state index < -0.39 is 0 Å². The lowest BCUT2D eigenvalue weighted by molar-refractivity contribution is -0.115. The molecule has 0 radical (unpaired) electrons. The number of nitrogens with one attached hydrogen (secondary N) is 1. The fourth-order valence-corrected chi connectivity index (χ4v) is 3.10. The van der Waals surface area contributed by atoms with E-state index in [1.54, 1.807) is 24.4 Å². The molecule has 0 fully saturated rings. The Labute approximate surface area is 166 Å². The summed E-state index contributed by atoms with van der Waals surface area (Å²) in [5, 5.41) is 2.91. The first kappa shape index (κ1) is 18.9. The van der Waals surface area contributed by atoms with Crippen LogP contribution in [0.2, 0.25) is 0 Å². The maximum absolute atomic E-state index is 12.8. The Balaban J connectivity index is 1.84. The highest BCUT2D eigenvalue weighted by Gasteiger charge is 2.13. The van der Waals surface area contributed by atoms with Gasteiger partial charge in [-0.05, 0) is 41.8 Å². The summed E-state index contributed by atoms with van der Waals surface area (Å²) >= 11 is 3.43. The summed E-state index contributed by atoms with van der Waals surface area (Å²) in [6, 6.07) is 22.3. The summed E-state index contributed by atoms with van der Waals surface area (Å²) in [7, 11) is 0. The van der Waals surface area contributed by atoms with Crippen molar-refractivity contribution < 1.29 is 4.79 Å². The van der Waals surface area contributed by atoms with Crippen LogP contribution >= 0.6 is 15.9 Å². The SMILES string of the molecule is O=C(NCCc1ccccc1)/C(=C\c1cccc(Br)c1)n1ccccc1=O. The van der Waals surface area contributed by atoms with Crippen molar-refractivity contribution in [3.63, 3.8) is 0 Å². The Hall–Kier alpha value is -2.92. The molecule has 0 atom stereocenters. The van der Waals surface area contributed by atoms with Gasteiger partial charge in [-0.3, -0.25) is 14.2 Å². The zero-order valence-electron chi connectivity index (χ0n) is 14.6. The largest absolute Gasteiger partial charge is 0.350 e. The van der Waals surface area contributed by atoms with Gasteiger partial charge in [0.15, 0.2) is 0 Å². The number of benzene rings is 2. The number of hydrogen-bond acceptors (Lipinski definition) is 2. The maximum atomic E-state index is 12.8. The number of amides is 1. The van der Waals surface area contributed by atoms with Crippen molar-refractivity contribution in [3.05, 3.63) is 105 Å². The van der Waals surface area contributed by atoms with Gasteiger partial charge in [0.25, 0.3) is 11.5 Å². The molecule has 2 aromatic carbocycles. The van der Waals surface area contributed by atoms with Crippen LogP contribution in [-0.2, 0) is 11.2 Å². The van der Waals surface area contributed by atoms with Gasteiger partial charge in [0, 0.05) is 23.3 Å². The van der Waals surface area contributed by atoms with Gasteiger partial charge >= 0.3 is 0 Å². The molecule has 4 nitrogen and oxygen atoms in total. The Morgan fingerprint density at radius 3 is 2.52 bits per heavy atom. The van der Waals surface area contributed by atoms with E-state index in [0.29, 0.717) is 6.54 Å². The lowest BCUT2D eigenvalue weighted by Crippen LogP contribution is -2.31. The zero-order chi connectivity index (χ0) is 19.1. The van der Waals surface area contributed by atoms with Gasteiger partial charge in [0.05, 0.1) is 0 Å². The second-order valence-electron chi connectivity index (χ2n) is 5.98. The van der Waals surface area contributed by atoms with Crippen molar-refractivity contribution in [1.29, 1.82) is 0 Å². The first-order valence-corrected chi connectivity index (χ1v) is 9.40. The van der Waals surface area contributed by atoms with Gasteiger partial charge in [-0.15, -0.1) is 0 Å². The van der Waals surface area contributed by atoms with Crippen LogP contribution in [0.5, 0.6) is 0 Å². The molecule has 1 amide bonds. The van der Waals surface area contributed by atoms with E-state index in [0.717, 1.165) is 22.0 Å². The maximum Gasteiger partial charge on any atom is 0.268 e. The lowest BCUT2D eigenvalue weighted by Gasteiger charge is -2.12. The molecule has 0 aliphatic carbocycles. The van der Waals surface area contributed by atoms with E-state index >= 15 is 0 Å². The minimum absolute atomic E-state index is 0.253. The number of pyridine rings is 1. The van der Waals surface area contributed by atoms with Crippen LogP contribution in [-0.4, -0.2) is 17.0 Å². The number of aromatic nitrogens is 1. The Morgan fingerprint density at radius 1 is 1.00 bits per heavy atom. The average molecular weight is 423 g/mol. The molecule has 136 valence electrons. The Bertz CT molecular complexity index is 1010. The highest BCUT2D eigenvalue weighted by molar-refractivity contribution is 9.10. The molecular formula is C22H19BrN2O2. The summed E-state index contributed by atoms with van der Waals surface area (Å²) in [6.45, 7) is 0.486. The Morgan fingerprint density at radius 2 is 1.78 bits per heavy atom. The molecule has 0 unspecified atom stereocenters. The predicted molar refractivity (Wildman–Crippen MR) is 112 cm³/mol. The first-order valence-electron chi connectivity index (χ1n) is 8.61. The van der Waals surface area contributed by atoms with Gasteiger partial charge < -0.3 is 5.32 Å². The summed E-state index contributed by atoms with van der Waals surface area (Å²) in [5.74, 6) is -0.292. The van der Waals surface area contributed by atoms with Crippen molar-refractivity contribution >= 4 is 33.6 Å². The topological polar surface area (TPSA) is 51.1 Å². The molecule has 5 heteroatoms. The average Bonchev–Trinajstić information content (AvgIpc) is 2.68. The van der Waals surface area contributed by atoms with E-state index in [-0.39, 0.29) is 17.2 Å². The van der Waals surface area contributed by atoms with Gasteiger partial charge in [0.1, 0.15) is 5.70 Å². The number of carbonyl (C=O) groups is 1. The predicted octanol–water partition coefficient (Wildman–Crippen LogP) is 3.97. The molecule has 0 bridgehead atoms. The van der Waals surface area contributed by atoms with Crippen LogP contribution < -0.4 is 10.9 Å². The van der Waals surface area contributed by atoms with E-state index in [2.05, 4.69) is 21.2 Å². The first-order chi connectivity index (χ1) is 13.1. The van der Waals surface area contributed by atoms with Crippen LogP contribution in [0.4, 0.5) is 0 Å². The molecule has 0 aliphatic heterocycles. The van der Waals surface area contributed by atoms with E-state index in [1.807, 2.05) is 54.6 Å². The highest BCUT2D eigenvalue weighted by atomic mass is 79.9. The van der Waals surface area contributed by atoms with Crippen molar-refractivity contribution in [1.82, 2.24) is 9.88 Å². The van der Waals surface area contributed by atoms with Gasteiger partial charge in [-0.2, -0.15) is 0 Å². The van der Waals surface area contributed by atoms with Crippen LogP contribution in [0.1, 0.15) is 11.1 Å². The second kappa shape index (κ2) is 9.14. The molecule has 1 aromatic heterocycles. The van der Waals surface area contributed by atoms with Crippen LogP contribution in [0, 0.1) is 0 Å². The van der Waals surface area contributed by atoms with Crippen LogP contribution in [0.3, 0.4) is 0 Å². The fraction of sp³-hybridized carbons (Fsp3) is 0.0909. The van der Waals surface area contributed by atoms with Crippen molar-refractivity contribution in [2.24, 2.45) is 0 Å². The molecule has 0 spiro atoms. The third-order valence-electron chi connectivity index (χ3n) is 4.01. The third kappa shape index (κ3) is 5.28. The molecule has 1 N–H and O–H groups in total. The molecule has 3 rings (SSSR count). The molecule has 1 heterocycles. The number of halogens is 1. The monoisotopic (exact) mass is 422 g/mol. The normalized spacial score (nSPS) is 11.2. The second-order valence-corrected chi connectivity index (χ2v) is 6.90. The van der Waals surface area contributed by atoms with Gasteiger partial charge in [0.2, 0.25) is 0 Å². The molecule has 27 heavy (non-hydrogen) atoms.